The molecule has 0 amide bonds. The third-order valence-corrected chi connectivity index (χ3v) is 2.85. The maximum absolute atomic E-state index is 11.3. The number of aliphatic hydroxyl groups excluding tert-OH is 2. The first-order valence-corrected chi connectivity index (χ1v) is 5.71. The standard InChI is InChI=1S/C12H15N3O4/c1-12(6-16,7-17)14-10-9(11(18)19)15-5-3-2-4-8(15)13-10/h2-5,14,16-17H,6-7H2,1H3,(H,18,19). The largest absolute Gasteiger partial charge is 0.476 e. The molecular formula is C12H15N3O4. The number of fused-ring (bicyclic) bond motifs is 1. The van der Waals surface area contributed by atoms with Crippen molar-refractivity contribution in [3.63, 3.8) is 0 Å². The van der Waals surface area contributed by atoms with Crippen LogP contribution < -0.4 is 5.32 Å². The van der Waals surface area contributed by atoms with Crippen molar-refractivity contribution in [2.24, 2.45) is 0 Å². The summed E-state index contributed by atoms with van der Waals surface area (Å²) in [7, 11) is 0. The van der Waals surface area contributed by atoms with Gasteiger partial charge in [0.05, 0.1) is 18.8 Å². The highest BCUT2D eigenvalue weighted by Crippen LogP contribution is 2.21. The zero-order chi connectivity index (χ0) is 14.0. The Morgan fingerprint density at radius 2 is 2.11 bits per heavy atom. The number of carboxylic acid groups (broad SMARTS) is 1. The van der Waals surface area contributed by atoms with Crippen LogP contribution in [0.3, 0.4) is 0 Å². The molecule has 2 heterocycles. The molecule has 0 radical (unpaired) electrons. The molecule has 0 aliphatic carbocycles. The molecule has 102 valence electrons. The predicted molar refractivity (Wildman–Crippen MR) is 68.4 cm³/mol. The molecule has 0 saturated heterocycles. The van der Waals surface area contributed by atoms with Crippen LogP contribution in [0.15, 0.2) is 24.4 Å². The molecule has 19 heavy (non-hydrogen) atoms. The minimum atomic E-state index is -1.14. The lowest BCUT2D eigenvalue weighted by molar-refractivity contribution is 0.0689. The molecule has 7 heteroatoms. The van der Waals surface area contributed by atoms with Gasteiger partial charge in [-0.2, -0.15) is 0 Å². The molecule has 4 N–H and O–H groups in total. The topological polar surface area (TPSA) is 107 Å². The van der Waals surface area contributed by atoms with Crippen molar-refractivity contribution in [2.75, 3.05) is 18.5 Å². The first-order chi connectivity index (χ1) is 9.00. The molecule has 0 spiro atoms. The molecule has 0 aliphatic heterocycles. The molecule has 2 rings (SSSR count). The van der Waals surface area contributed by atoms with Crippen molar-refractivity contribution >= 4 is 17.4 Å². The number of carboxylic acids is 1. The van der Waals surface area contributed by atoms with Crippen molar-refractivity contribution in [1.29, 1.82) is 0 Å². The minimum Gasteiger partial charge on any atom is -0.476 e. The number of rotatable bonds is 5. The van der Waals surface area contributed by atoms with E-state index >= 15 is 0 Å². The Labute approximate surface area is 109 Å². The molecule has 0 fully saturated rings. The number of aromatic carboxylic acids is 1. The van der Waals surface area contributed by atoms with Crippen LogP contribution in [-0.2, 0) is 0 Å². The van der Waals surface area contributed by atoms with Gasteiger partial charge in [0.1, 0.15) is 5.65 Å². The maximum atomic E-state index is 11.3. The summed E-state index contributed by atoms with van der Waals surface area (Å²) in [6.45, 7) is 0.871. The highest BCUT2D eigenvalue weighted by Gasteiger charge is 2.27. The zero-order valence-corrected chi connectivity index (χ0v) is 10.4. The third-order valence-electron chi connectivity index (χ3n) is 2.85. The smallest absolute Gasteiger partial charge is 0.356 e. The van der Waals surface area contributed by atoms with Gasteiger partial charge in [0, 0.05) is 6.20 Å². The SMILES string of the molecule is CC(CO)(CO)Nc1nc2ccccn2c1C(=O)O. The summed E-state index contributed by atoms with van der Waals surface area (Å²) in [6.07, 6.45) is 1.59. The second kappa shape index (κ2) is 4.87. The van der Waals surface area contributed by atoms with Crippen molar-refractivity contribution in [1.82, 2.24) is 9.38 Å². The molecule has 0 saturated carbocycles. The van der Waals surface area contributed by atoms with Gasteiger partial charge in [-0.25, -0.2) is 9.78 Å². The number of hydrogen-bond acceptors (Lipinski definition) is 5. The fraction of sp³-hybridized carbons (Fsp3) is 0.333. The second-order valence-corrected chi connectivity index (χ2v) is 4.54. The first-order valence-electron chi connectivity index (χ1n) is 5.71. The Balaban J connectivity index is 2.54. The van der Waals surface area contributed by atoms with Crippen LogP contribution in [0.2, 0.25) is 0 Å². The van der Waals surface area contributed by atoms with Crippen LogP contribution in [0.5, 0.6) is 0 Å². The number of imidazole rings is 1. The maximum Gasteiger partial charge on any atom is 0.356 e. The average Bonchev–Trinajstić information content (AvgIpc) is 2.76. The van der Waals surface area contributed by atoms with Gasteiger partial charge in [-0.05, 0) is 19.1 Å². The van der Waals surface area contributed by atoms with Crippen molar-refractivity contribution in [3.8, 4) is 0 Å². The molecule has 7 nitrogen and oxygen atoms in total. The van der Waals surface area contributed by atoms with Gasteiger partial charge in [0.15, 0.2) is 11.5 Å². The lowest BCUT2D eigenvalue weighted by Gasteiger charge is -2.26. The normalized spacial score (nSPS) is 11.7. The number of aromatic nitrogens is 2. The van der Waals surface area contributed by atoms with Crippen molar-refractivity contribution in [3.05, 3.63) is 30.1 Å². The molecule has 0 atom stereocenters. The van der Waals surface area contributed by atoms with Crippen LogP contribution >= 0.6 is 0 Å². The summed E-state index contributed by atoms with van der Waals surface area (Å²) in [6, 6.07) is 5.12. The van der Waals surface area contributed by atoms with Gasteiger partial charge in [-0.1, -0.05) is 6.07 Å². The van der Waals surface area contributed by atoms with Crippen LogP contribution in [0.25, 0.3) is 5.65 Å². The van der Waals surface area contributed by atoms with E-state index in [4.69, 9.17) is 0 Å². The van der Waals surface area contributed by atoms with E-state index in [2.05, 4.69) is 10.3 Å². The number of aliphatic hydroxyl groups is 2. The third kappa shape index (κ3) is 2.38. The van der Waals surface area contributed by atoms with E-state index in [1.54, 1.807) is 31.3 Å². The van der Waals surface area contributed by atoms with Crippen molar-refractivity contribution in [2.45, 2.75) is 12.5 Å². The fourth-order valence-electron chi connectivity index (χ4n) is 1.70. The van der Waals surface area contributed by atoms with Crippen molar-refractivity contribution < 1.29 is 20.1 Å². The molecule has 2 aromatic heterocycles. The minimum absolute atomic E-state index is 0.0382. The Hall–Kier alpha value is -2.12. The molecule has 0 unspecified atom stereocenters. The summed E-state index contributed by atoms with van der Waals surface area (Å²) in [5, 5.41) is 30.5. The number of nitrogens with one attached hydrogen (secondary N) is 1. The van der Waals surface area contributed by atoms with Gasteiger partial charge >= 0.3 is 5.97 Å². The lowest BCUT2D eigenvalue weighted by Crippen LogP contribution is -2.43. The molecule has 0 aliphatic rings. The Morgan fingerprint density at radius 3 is 2.68 bits per heavy atom. The number of carbonyl (C=O) groups is 1. The van der Waals surface area contributed by atoms with Gasteiger partial charge in [0.2, 0.25) is 0 Å². The summed E-state index contributed by atoms with van der Waals surface area (Å²) in [5.41, 5.74) is -0.605. The first kappa shape index (κ1) is 13.3. The Morgan fingerprint density at radius 1 is 1.42 bits per heavy atom. The second-order valence-electron chi connectivity index (χ2n) is 4.54. The monoisotopic (exact) mass is 265 g/mol. The summed E-state index contributed by atoms with van der Waals surface area (Å²) in [4.78, 5) is 15.5. The number of nitrogens with zero attached hydrogens (tertiary/aromatic N) is 2. The summed E-state index contributed by atoms with van der Waals surface area (Å²) in [5.74, 6) is -1.02. The average molecular weight is 265 g/mol. The predicted octanol–water partition coefficient (Wildman–Crippen LogP) is 0.188. The number of hydrogen-bond donors (Lipinski definition) is 4. The Bertz CT molecular complexity index is 604. The van der Waals surface area contributed by atoms with Gasteiger partial charge in [0.25, 0.3) is 0 Å². The van der Waals surface area contributed by atoms with E-state index < -0.39 is 11.5 Å². The van der Waals surface area contributed by atoms with E-state index in [1.807, 2.05) is 0 Å². The van der Waals surface area contributed by atoms with E-state index in [9.17, 15) is 20.1 Å². The van der Waals surface area contributed by atoms with Crippen LogP contribution in [0, 0.1) is 0 Å². The van der Waals surface area contributed by atoms with E-state index in [0.29, 0.717) is 5.65 Å². The van der Waals surface area contributed by atoms with Gasteiger partial charge in [-0.3, -0.25) is 4.40 Å². The summed E-state index contributed by atoms with van der Waals surface area (Å²) < 4.78 is 1.43. The van der Waals surface area contributed by atoms with E-state index in [-0.39, 0.29) is 24.7 Å². The fourth-order valence-corrected chi connectivity index (χ4v) is 1.70. The van der Waals surface area contributed by atoms with Gasteiger partial charge in [-0.15, -0.1) is 0 Å². The van der Waals surface area contributed by atoms with E-state index in [1.165, 1.54) is 4.40 Å². The summed E-state index contributed by atoms with van der Waals surface area (Å²) >= 11 is 0. The highest BCUT2D eigenvalue weighted by molar-refractivity contribution is 5.93. The quantitative estimate of drug-likeness (QED) is 0.614. The number of anilines is 1. The molecular weight excluding hydrogens is 250 g/mol. The van der Waals surface area contributed by atoms with Crippen LogP contribution in [-0.4, -0.2) is 49.4 Å². The molecule has 2 aromatic rings. The van der Waals surface area contributed by atoms with Crippen LogP contribution in [0.1, 0.15) is 17.4 Å². The molecule has 0 bridgehead atoms. The van der Waals surface area contributed by atoms with Gasteiger partial charge < -0.3 is 20.6 Å². The number of pyridine rings is 1. The zero-order valence-electron chi connectivity index (χ0n) is 10.4. The highest BCUT2D eigenvalue weighted by atomic mass is 16.4. The van der Waals surface area contributed by atoms with Crippen LogP contribution in [0.4, 0.5) is 5.82 Å². The Kier molecular flexibility index (Phi) is 3.41. The lowest BCUT2D eigenvalue weighted by atomic mass is 10.1. The molecule has 0 aromatic carbocycles. The van der Waals surface area contributed by atoms with E-state index in [0.717, 1.165) is 0 Å².